The van der Waals surface area contributed by atoms with E-state index in [2.05, 4.69) is 0 Å². The summed E-state index contributed by atoms with van der Waals surface area (Å²) in [5.41, 5.74) is 1.32. The molecule has 0 aliphatic carbocycles. The van der Waals surface area contributed by atoms with Gasteiger partial charge in [-0.1, -0.05) is 11.6 Å². The van der Waals surface area contributed by atoms with Crippen LogP contribution in [0, 0.1) is 12.7 Å². The van der Waals surface area contributed by atoms with E-state index < -0.39 is 5.82 Å². The summed E-state index contributed by atoms with van der Waals surface area (Å²) in [6.07, 6.45) is 0. The average molecular weight is 316 g/mol. The van der Waals surface area contributed by atoms with Crippen LogP contribution in [0.2, 0.25) is 0 Å². The number of ether oxygens (including phenoxy) is 2. The summed E-state index contributed by atoms with van der Waals surface area (Å²) in [5.74, 6) is -0.665. The molecule has 0 heterocycles. The number of hydrogen-bond acceptors (Lipinski definition) is 4. The van der Waals surface area contributed by atoms with Crippen molar-refractivity contribution in [2.45, 2.75) is 13.8 Å². The zero-order valence-electron chi connectivity index (χ0n) is 13.2. The highest BCUT2D eigenvalue weighted by molar-refractivity contribution is 6.00. The fourth-order valence-corrected chi connectivity index (χ4v) is 2.14. The molecule has 0 fully saturated rings. The fourth-order valence-electron chi connectivity index (χ4n) is 2.14. The largest absolute Gasteiger partial charge is 0.496 e. The van der Waals surface area contributed by atoms with Crippen molar-refractivity contribution in [2.24, 2.45) is 0 Å². The maximum atomic E-state index is 13.7. The second-order valence-electron chi connectivity index (χ2n) is 5.11. The minimum atomic E-state index is -0.671. The Morgan fingerprint density at radius 2 is 1.83 bits per heavy atom. The van der Waals surface area contributed by atoms with Crippen LogP contribution in [0.4, 0.5) is 4.39 Å². The van der Waals surface area contributed by atoms with Crippen LogP contribution in [-0.4, -0.2) is 25.3 Å². The molecule has 0 N–H and O–H groups in total. The molecule has 2 rings (SSSR count). The number of Topliss-reactive ketones (excluding diaryl/α,β-unsaturated/α-hetero) is 2. The number of rotatable bonds is 6. The minimum Gasteiger partial charge on any atom is -0.496 e. The van der Waals surface area contributed by atoms with E-state index >= 15 is 0 Å². The van der Waals surface area contributed by atoms with E-state index in [1.807, 2.05) is 13.0 Å². The minimum absolute atomic E-state index is 0.0102. The Balaban J connectivity index is 2.12. The highest BCUT2D eigenvalue weighted by Gasteiger charge is 2.14. The number of methoxy groups -OCH3 is 1. The molecule has 23 heavy (non-hydrogen) atoms. The Morgan fingerprint density at radius 3 is 2.43 bits per heavy atom. The van der Waals surface area contributed by atoms with E-state index in [1.54, 1.807) is 12.1 Å². The smallest absolute Gasteiger partial charge is 0.203 e. The highest BCUT2D eigenvalue weighted by atomic mass is 19.1. The lowest BCUT2D eigenvalue weighted by Gasteiger charge is -2.10. The summed E-state index contributed by atoms with van der Waals surface area (Å²) in [7, 11) is 1.48. The number of carbonyl (C=O) groups excluding carboxylic acids is 2. The predicted octanol–water partition coefficient (Wildman–Crippen LogP) is 3.61. The molecule has 0 saturated heterocycles. The second-order valence-corrected chi connectivity index (χ2v) is 5.11. The van der Waals surface area contributed by atoms with Crippen LogP contribution < -0.4 is 9.47 Å². The molecular formula is C18H17FO4. The SMILES string of the molecule is COc1ccc(C)cc1C(=O)COc1ccc(C(C)=O)c(F)c1. The second kappa shape index (κ2) is 7.05. The van der Waals surface area contributed by atoms with Gasteiger partial charge in [0, 0.05) is 6.07 Å². The van der Waals surface area contributed by atoms with Gasteiger partial charge in [0.05, 0.1) is 18.2 Å². The monoisotopic (exact) mass is 316 g/mol. The summed E-state index contributed by atoms with van der Waals surface area (Å²) in [6, 6.07) is 9.16. The van der Waals surface area contributed by atoms with E-state index in [1.165, 1.54) is 26.2 Å². The van der Waals surface area contributed by atoms with E-state index in [9.17, 15) is 14.0 Å². The highest BCUT2D eigenvalue weighted by Crippen LogP contribution is 2.21. The van der Waals surface area contributed by atoms with E-state index in [4.69, 9.17) is 9.47 Å². The molecule has 0 atom stereocenters. The zero-order chi connectivity index (χ0) is 17.0. The summed E-state index contributed by atoms with van der Waals surface area (Å²) < 4.78 is 24.2. The first-order valence-corrected chi connectivity index (χ1v) is 7.03. The number of benzene rings is 2. The summed E-state index contributed by atoms with van der Waals surface area (Å²) in [6.45, 7) is 2.90. The number of halogens is 1. The zero-order valence-corrected chi connectivity index (χ0v) is 13.2. The van der Waals surface area contributed by atoms with Crippen LogP contribution in [0.5, 0.6) is 11.5 Å². The summed E-state index contributed by atoms with van der Waals surface area (Å²) in [4.78, 5) is 23.4. The number of carbonyl (C=O) groups is 2. The van der Waals surface area contributed by atoms with Gasteiger partial charge < -0.3 is 9.47 Å². The van der Waals surface area contributed by atoms with Crippen LogP contribution in [0.15, 0.2) is 36.4 Å². The number of aryl methyl sites for hydroxylation is 1. The maximum Gasteiger partial charge on any atom is 0.203 e. The van der Waals surface area contributed by atoms with Crippen molar-refractivity contribution in [1.29, 1.82) is 0 Å². The van der Waals surface area contributed by atoms with Crippen LogP contribution in [0.3, 0.4) is 0 Å². The normalized spacial score (nSPS) is 10.3. The molecule has 0 aliphatic heterocycles. The predicted molar refractivity (Wildman–Crippen MR) is 84.0 cm³/mol. The van der Waals surface area contributed by atoms with Gasteiger partial charge in [-0.3, -0.25) is 9.59 Å². The summed E-state index contributed by atoms with van der Waals surface area (Å²) >= 11 is 0. The first-order valence-electron chi connectivity index (χ1n) is 7.03. The molecule has 0 unspecified atom stereocenters. The van der Waals surface area contributed by atoms with Gasteiger partial charge in [0.15, 0.2) is 12.4 Å². The van der Waals surface area contributed by atoms with Gasteiger partial charge in [-0.05, 0) is 38.1 Å². The van der Waals surface area contributed by atoms with Gasteiger partial charge in [-0.25, -0.2) is 4.39 Å². The third-order valence-corrected chi connectivity index (χ3v) is 3.35. The lowest BCUT2D eigenvalue weighted by Crippen LogP contribution is -2.13. The van der Waals surface area contributed by atoms with Crippen molar-refractivity contribution >= 4 is 11.6 Å². The molecule has 0 aliphatic rings. The van der Waals surface area contributed by atoms with Crippen molar-refractivity contribution < 1.29 is 23.5 Å². The number of ketones is 2. The lowest BCUT2D eigenvalue weighted by molar-refractivity contribution is 0.0916. The van der Waals surface area contributed by atoms with Crippen molar-refractivity contribution in [2.75, 3.05) is 13.7 Å². The maximum absolute atomic E-state index is 13.7. The van der Waals surface area contributed by atoms with Crippen molar-refractivity contribution in [3.8, 4) is 11.5 Å². The Hall–Kier alpha value is -2.69. The van der Waals surface area contributed by atoms with Gasteiger partial charge in [0.2, 0.25) is 5.78 Å². The molecule has 5 heteroatoms. The quantitative estimate of drug-likeness (QED) is 0.764. The molecule has 0 radical (unpaired) electrons. The molecule has 0 bridgehead atoms. The first kappa shape index (κ1) is 16.7. The fraction of sp³-hybridized carbons (Fsp3) is 0.222. The van der Waals surface area contributed by atoms with Crippen molar-refractivity contribution in [3.63, 3.8) is 0 Å². The van der Waals surface area contributed by atoms with Gasteiger partial charge >= 0.3 is 0 Å². The van der Waals surface area contributed by atoms with Crippen LogP contribution in [0.25, 0.3) is 0 Å². The van der Waals surface area contributed by atoms with E-state index in [0.717, 1.165) is 11.6 Å². The average Bonchev–Trinajstić information content (AvgIpc) is 2.52. The molecule has 0 saturated carbocycles. The molecule has 120 valence electrons. The third kappa shape index (κ3) is 3.94. The van der Waals surface area contributed by atoms with Gasteiger partial charge in [0.1, 0.15) is 17.3 Å². The van der Waals surface area contributed by atoms with E-state index in [-0.39, 0.29) is 29.5 Å². The summed E-state index contributed by atoms with van der Waals surface area (Å²) in [5, 5.41) is 0. The van der Waals surface area contributed by atoms with Gasteiger partial charge in [-0.2, -0.15) is 0 Å². The Kier molecular flexibility index (Phi) is 5.11. The molecule has 0 spiro atoms. The standard InChI is InChI=1S/C18H17FO4/c1-11-4-7-18(22-3)15(8-11)17(21)10-23-13-5-6-14(12(2)20)16(19)9-13/h4-9H,10H2,1-3H3. The molecule has 0 aromatic heterocycles. The van der Waals surface area contributed by atoms with Crippen LogP contribution in [-0.2, 0) is 0 Å². The van der Waals surface area contributed by atoms with Crippen molar-refractivity contribution in [3.05, 3.63) is 58.9 Å². The molecule has 4 nitrogen and oxygen atoms in total. The molecule has 2 aromatic carbocycles. The van der Waals surface area contributed by atoms with Crippen LogP contribution in [0.1, 0.15) is 33.2 Å². The Morgan fingerprint density at radius 1 is 1.09 bits per heavy atom. The lowest BCUT2D eigenvalue weighted by atomic mass is 10.1. The van der Waals surface area contributed by atoms with E-state index in [0.29, 0.717) is 11.3 Å². The molecule has 2 aromatic rings. The molecular weight excluding hydrogens is 299 g/mol. The first-order chi connectivity index (χ1) is 10.9. The third-order valence-electron chi connectivity index (χ3n) is 3.35. The number of hydrogen-bond donors (Lipinski definition) is 0. The topological polar surface area (TPSA) is 52.6 Å². The van der Waals surface area contributed by atoms with Crippen LogP contribution >= 0.6 is 0 Å². The Labute approximate surface area is 133 Å². The molecule has 0 amide bonds. The van der Waals surface area contributed by atoms with Gasteiger partial charge in [-0.15, -0.1) is 0 Å². The van der Waals surface area contributed by atoms with Crippen molar-refractivity contribution in [1.82, 2.24) is 0 Å². The van der Waals surface area contributed by atoms with Gasteiger partial charge in [0.25, 0.3) is 0 Å². The Bertz CT molecular complexity index is 753.